The zero-order valence-corrected chi connectivity index (χ0v) is 9.00. The molecule has 0 aliphatic carbocycles. The molecule has 0 amide bonds. The predicted molar refractivity (Wildman–Crippen MR) is 59.8 cm³/mol. The molecule has 0 spiro atoms. The van der Waals surface area contributed by atoms with Gasteiger partial charge in [0.1, 0.15) is 0 Å². The second-order valence-corrected chi connectivity index (χ2v) is 3.11. The molecule has 1 fully saturated rings. The quantitative estimate of drug-likeness (QED) is 0.701. The summed E-state index contributed by atoms with van der Waals surface area (Å²) in [5.74, 6) is 0. The lowest BCUT2D eigenvalue weighted by molar-refractivity contribution is 0.534. The van der Waals surface area contributed by atoms with Crippen molar-refractivity contribution in [1.82, 2.24) is 10.6 Å². The van der Waals surface area contributed by atoms with E-state index in [0.717, 1.165) is 26.2 Å². The number of hydrogen-bond acceptors (Lipinski definition) is 3. The fourth-order valence-corrected chi connectivity index (χ4v) is 1.28. The second kappa shape index (κ2) is 11.8. The normalized spacial score (nSPS) is 14.2. The SMILES string of the molecule is C1CNCCN1.Cl.F.c1ccsc1. The monoisotopic (exact) mass is 226 g/mol. The van der Waals surface area contributed by atoms with Crippen molar-refractivity contribution in [3.05, 3.63) is 22.9 Å². The van der Waals surface area contributed by atoms with Crippen molar-refractivity contribution in [2.24, 2.45) is 0 Å². The number of halogens is 2. The lowest BCUT2D eigenvalue weighted by atomic mass is 10.4. The first-order valence-electron chi connectivity index (χ1n) is 3.89. The average molecular weight is 227 g/mol. The molecule has 78 valence electrons. The highest BCUT2D eigenvalue weighted by Gasteiger charge is 1.91. The van der Waals surface area contributed by atoms with Crippen molar-refractivity contribution in [2.45, 2.75) is 0 Å². The van der Waals surface area contributed by atoms with Gasteiger partial charge in [-0.25, -0.2) is 0 Å². The van der Waals surface area contributed by atoms with Gasteiger partial charge in [0, 0.05) is 26.2 Å². The summed E-state index contributed by atoms with van der Waals surface area (Å²) in [7, 11) is 0. The highest BCUT2D eigenvalue weighted by molar-refractivity contribution is 7.07. The Bertz CT molecular complexity index is 128. The summed E-state index contributed by atoms with van der Waals surface area (Å²) in [5.41, 5.74) is 0. The molecule has 2 heterocycles. The van der Waals surface area contributed by atoms with Crippen molar-refractivity contribution < 1.29 is 4.70 Å². The van der Waals surface area contributed by atoms with Gasteiger partial charge in [-0.1, -0.05) is 12.1 Å². The molecule has 0 unspecified atom stereocenters. The predicted octanol–water partition coefficient (Wildman–Crippen LogP) is 1.50. The summed E-state index contributed by atoms with van der Waals surface area (Å²) in [6.45, 7) is 4.56. The molecular formula is C8H16ClFN2S. The topological polar surface area (TPSA) is 24.1 Å². The van der Waals surface area contributed by atoms with E-state index >= 15 is 0 Å². The van der Waals surface area contributed by atoms with E-state index in [-0.39, 0.29) is 17.1 Å². The van der Waals surface area contributed by atoms with Gasteiger partial charge >= 0.3 is 0 Å². The van der Waals surface area contributed by atoms with Crippen molar-refractivity contribution >= 4 is 23.7 Å². The van der Waals surface area contributed by atoms with Crippen LogP contribution in [0.2, 0.25) is 0 Å². The summed E-state index contributed by atoms with van der Waals surface area (Å²) in [4.78, 5) is 0. The van der Waals surface area contributed by atoms with Crippen LogP contribution in [0.25, 0.3) is 0 Å². The first-order chi connectivity index (χ1) is 5.50. The summed E-state index contributed by atoms with van der Waals surface area (Å²) in [6, 6.07) is 4.04. The van der Waals surface area contributed by atoms with E-state index in [1.54, 1.807) is 11.3 Å². The Hall–Kier alpha value is -0.160. The Morgan fingerprint density at radius 2 is 1.23 bits per heavy atom. The number of rotatable bonds is 0. The van der Waals surface area contributed by atoms with Crippen molar-refractivity contribution in [3.8, 4) is 0 Å². The van der Waals surface area contributed by atoms with Gasteiger partial charge in [0.15, 0.2) is 0 Å². The minimum absolute atomic E-state index is 0. The van der Waals surface area contributed by atoms with Gasteiger partial charge in [0.2, 0.25) is 0 Å². The van der Waals surface area contributed by atoms with Gasteiger partial charge in [0.05, 0.1) is 0 Å². The van der Waals surface area contributed by atoms with E-state index < -0.39 is 0 Å². The Kier molecular flexibility index (Phi) is 14.0. The van der Waals surface area contributed by atoms with Crippen LogP contribution in [0.3, 0.4) is 0 Å². The molecule has 2 nitrogen and oxygen atoms in total. The molecule has 1 saturated heterocycles. The molecular weight excluding hydrogens is 211 g/mol. The molecule has 0 atom stereocenters. The van der Waals surface area contributed by atoms with Crippen molar-refractivity contribution in [1.29, 1.82) is 0 Å². The number of thiophene rings is 1. The van der Waals surface area contributed by atoms with Crippen LogP contribution in [0.5, 0.6) is 0 Å². The fraction of sp³-hybridized carbons (Fsp3) is 0.500. The van der Waals surface area contributed by atoms with Crippen molar-refractivity contribution in [3.63, 3.8) is 0 Å². The van der Waals surface area contributed by atoms with Crippen LogP contribution in [0.15, 0.2) is 22.9 Å². The molecule has 1 aliphatic heterocycles. The van der Waals surface area contributed by atoms with E-state index in [0.29, 0.717) is 0 Å². The summed E-state index contributed by atoms with van der Waals surface area (Å²) in [6.07, 6.45) is 0. The highest BCUT2D eigenvalue weighted by Crippen LogP contribution is 1.91. The average Bonchev–Trinajstić information content (AvgIpc) is 2.64. The minimum atomic E-state index is 0. The maximum absolute atomic E-state index is 3.22. The number of nitrogens with one attached hydrogen (secondary N) is 2. The lowest BCUT2D eigenvalue weighted by Crippen LogP contribution is -2.39. The summed E-state index contributed by atoms with van der Waals surface area (Å²) in [5, 5.41) is 10.5. The van der Waals surface area contributed by atoms with Crippen LogP contribution in [0.1, 0.15) is 0 Å². The third-order valence-corrected chi connectivity index (χ3v) is 2.01. The molecule has 1 aliphatic rings. The van der Waals surface area contributed by atoms with Crippen LogP contribution in [0, 0.1) is 0 Å². The molecule has 1 aromatic heterocycles. The highest BCUT2D eigenvalue weighted by atomic mass is 35.5. The second-order valence-electron chi connectivity index (χ2n) is 2.29. The van der Waals surface area contributed by atoms with Crippen LogP contribution >= 0.6 is 23.7 Å². The van der Waals surface area contributed by atoms with Crippen molar-refractivity contribution in [2.75, 3.05) is 26.2 Å². The van der Waals surface area contributed by atoms with Gasteiger partial charge in [-0.05, 0) is 10.8 Å². The Morgan fingerprint density at radius 1 is 0.846 bits per heavy atom. The van der Waals surface area contributed by atoms with E-state index in [2.05, 4.69) is 10.6 Å². The van der Waals surface area contributed by atoms with Crippen LogP contribution in [-0.2, 0) is 0 Å². The van der Waals surface area contributed by atoms with Crippen LogP contribution in [-0.4, -0.2) is 26.2 Å². The maximum Gasteiger partial charge on any atom is 0.00772 e. The molecule has 5 heteroatoms. The Labute approximate surface area is 88.5 Å². The van der Waals surface area contributed by atoms with E-state index in [1.807, 2.05) is 22.9 Å². The van der Waals surface area contributed by atoms with E-state index in [4.69, 9.17) is 0 Å². The lowest BCUT2D eigenvalue weighted by Gasteiger charge is -2.11. The van der Waals surface area contributed by atoms with Crippen LogP contribution < -0.4 is 10.6 Å². The fourth-order valence-electron chi connectivity index (χ4n) is 0.830. The van der Waals surface area contributed by atoms with E-state index in [9.17, 15) is 0 Å². The molecule has 0 radical (unpaired) electrons. The first kappa shape index (κ1) is 15.3. The molecule has 0 saturated carbocycles. The smallest absolute Gasteiger partial charge is 0.00772 e. The standard InChI is InChI=1S/C4H10N2.C4H4S.ClH.FH/c1-2-6-4-3-5-1;1-2-4-5-3-1;;/h5-6H,1-4H2;1-4H;2*1H. The zero-order valence-electron chi connectivity index (χ0n) is 7.36. The Balaban J connectivity index is 0. The molecule has 2 N–H and O–H groups in total. The van der Waals surface area contributed by atoms with Gasteiger partial charge in [-0.3, -0.25) is 4.70 Å². The Morgan fingerprint density at radius 3 is 1.38 bits per heavy atom. The summed E-state index contributed by atoms with van der Waals surface area (Å²) < 4.78 is 0. The number of hydrogen-bond donors (Lipinski definition) is 2. The molecule has 13 heavy (non-hydrogen) atoms. The molecule has 2 rings (SSSR count). The minimum Gasteiger partial charge on any atom is -0.314 e. The molecule has 0 aromatic carbocycles. The van der Waals surface area contributed by atoms with Gasteiger partial charge in [-0.2, -0.15) is 11.3 Å². The zero-order chi connectivity index (χ0) is 7.78. The third-order valence-electron chi connectivity index (χ3n) is 1.38. The largest absolute Gasteiger partial charge is 0.314 e. The molecule has 0 bridgehead atoms. The van der Waals surface area contributed by atoms with Gasteiger partial charge in [-0.15, -0.1) is 12.4 Å². The summed E-state index contributed by atoms with van der Waals surface area (Å²) >= 11 is 1.71. The van der Waals surface area contributed by atoms with Crippen LogP contribution in [0.4, 0.5) is 4.70 Å². The first-order valence-corrected chi connectivity index (χ1v) is 4.83. The maximum atomic E-state index is 3.22. The number of piperazine rings is 1. The van der Waals surface area contributed by atoms with E-state index in [1.165, 1.54) is 0 Å². The van der Waals surface area contributed by atoms with Gasteiger partial charge in [0.25, 0.3) is 0 Å². The van der Waals surface area contributed by atoms with Gasteiger partial charge < -0.3 is 10.6 Å². The molecule has 1 aromatic rings. The third kappa shape index (κ3) is 9.76.